The average Bonchev–Trinajstić information content (AvgIpc) is 2.94. The zero-order valence-corrected chi connectivity index (χ0v) is 14.3. The number of thiophene rings is 1. The van der Waals surface area contributed by atoms with Crippen LogP contribution in [0.3, 0.4) is 0 Å². The second-order valence-corrected chi connectivity index (χ2v) is 7.69. The van der Waals surface area contributed by atoms with Gasteiger partial charge in [-0.1, -0.05) is 6.07 Å². The van der Waals surface area contributed by atoms with E-state index in [1.807, 2.05) is 24.4 Å². The lowest BCUT2D eigenvalue weighted by molar-refractivity contribution is 0.0341. The van der Waals surface area contributed by atoms with Gasteiger partial charge in [-0.25, -0.2) is 9.97 Å². The molecule has 0 unspecified atom stereocenters. The fraction of sp³-hybridized carbons (Fsp3) is 0.389. The van der Waals surface area contributed by atoms with Gasteiger partial charge in [0.05, 0.1) is 11.5 Å². The van der Waals surface area contributed by atoms with Gasteiger partial charge in [-0.15, -0.1) is 11.3 Å². The minimum atomic E-state index is -0.170. The van der Waals surface area contributed by atoms with E-state index in [0.717, 1.165) is 41.0 Å². The second kappa shape index (κ2) is 6.45. The van der Waals surface area contributed by atoms with Crippen molar-refractivity contribution >= 4 is 27.4 Å². The number of nitrogens with zero attached hydrogens (tertiary/aromatic N) is 3. The van der Waals surface area contributed by atoms with E-state index >= 15 is 0 Å². The molecule has 0 spiro atoms. The third kappa shape index (κ3) is 3.12. The standard InChI is InChI=1S/C18H20N4OS/c1-11-6-15-17(20-10-21-18(15)24-11)22-16(12-7-14(23)8-12)9-13-4-2-3-5-19-13/h2-6,10,12,14,16,23H,7-9H2,1H3,(H,20,21,22)/t12?,14?,16-/m0/s1. The van der Waals surface area contributed by atoms with Crippen molar-refractivity contribution in [1.82, 2.24) is 15.0 Å². The van der Waals surface area contributed by atoms with Crippen LogP contribution in [0.2, 0.25) is 0 Å². The van der Waals surface area contributed by atoms with E-state index in [4.69, 9.17) is 0 Å². The molecule has 6 heteroatoms. The van der Waals surface area contributed by atoms with Crippen molar-refractivity contribution < 1.29 is 5.11 Å². The van der Waals surface area contributed by atoms with E-state index in [9.17, 15) is 5.11 Å². The maximum atomic E-state index is 9.71. The summed E-state index contributed by atoms with van der Waals surface area (Å²) in [7, 11) is 0. The highest BCUT2D eigenvalue weighted by atomic mass is 32.1. The van der Waals surface area contributed by atoms with Crippen LogP contribution in [0.5, 0.6) is 0 Å². The first-order valence-electron chi connectivity index (χ1n) is 8.24. The number of anilines is 1. The molecule has 2 N–H and O–H groups in total. The summed E-state index contributed by atoms with van der Waals surface area (Å²) in [6, 6.07) is 8.34. The molecule has 24 heavy (non-hydrogen) atoms. The van der Waals surface area contributed by atoms with Crippen molar-refractivity contribution in [3.63, 3.8) is 0 Å². The van der Waals surface area contributed by atoms with E-state index in [0.29, 0.717) is 5.92 Å². The number of fused-ring (bicyclic) bond motifs is 1. The van der Waals surface area contributed by atoms with E-state index in [-0.39, 0.29) is 12.1 Å². The smallest absolute Gasteiger partial charge is 0.138 e. The highest BCUT2D eigenvalue weighted by Gasteiger charge is 2.34. The summed E-state index contributed by atoms with van der Waals surface area (Å²) < 4.78 is 0. The van der Waals surface area contributed by atoms with Gasteiger partial charge in [-0.05, 0) is 43.9 Å². The van der Waals surface area contributed by atoms with Crippen LogP contribution < -0.4 is 5.32 Å². The first-order valence-corrected chi connectivity index (χ1v) is 9.06. The third-order valence-electron chi connectivity index (χ3n) is 4.65. The lowest BCUT2D eigenvalue weighted by Gasteiger charge is -2.38. The molecule has 3 aromatic heterocycles. The Morgan fingerprint density at radius 2 is 2.17 bits per heavy atom. The molecule has 124 valence electrons. The van der Waals surface area contributed by atoms with Gasteiger partial charge in [0.25, 0.3) is 0 Å². The quantitative estimate of drug-likeness (QED) is 0.746. The first kappa shape index (κ1) is 15.5. The molecule has 1 fully saturated rings. The molecule has 3 heterocycles. The van der Waals surface area contributed by atoms with Crippen molar-refractivity contribution in [2.24, 2.45) is 5.92 Å². The summed E-state index contributed by atoms with van der Waals surface area (Å²) >= 11 is 1.68. The monoisotopic (exact) mass is 340 g/mol. The number of aromatic nitrogens is 3. The number of aliphatic hydroxyl groups excluding tert-OH is 1. The summed E-state index contributed by atoms with van der Waals surface area (Å²) in [5.41, 5.74) is 1.06. The fourth-order valence-electron chi connectivity index (χ4n) is 3.30. The normalized spacial score (nSPS) is 21.4. The summed E-state index contributed by atoms with van der Waals surface area (Å²) in [5, 5.41) is 14.4. The molecular formula is C18H20N4OS. The minimum absolute atomic E-state index is 0.170. The maximum Gasteiger partial charge on any atom is 0.138 e. The van der Waals surface area contributed by atoms with Crippen molar-refractivity contribution in [2.45, 2.75) is 38.3 Å². The SMILES string of the molecule is Cc1cc2c(N[C@@H](Cc3ccccn3)C3CC(O)C3)ncnc2s1. The summed E-state index contributed by atoms with van der Waals surface area (Å²) in [6.45, 7) is 2.09. The van der Waals surface area contributed by atoms with Gasteiger partial charge < -0.3 is 10.4 Å². The van der Waals surface area contributed by atoms with Crippen LogP contribution in [-0.2, 0) is 6.42 Å². The van der Waals surface area contributed by atoms with E-state index in [2.05, 4.69) is 33.3 Å². The first-order chi connectivity index (χ1) is 11.7. The number of pyridine rings is 1. The number of aryl methyl sites for hydroxylation is 1. The highest BCUT2D eigenvalue weighted by molar-refractivity contribution is 7.18. The van der Waals surface area contributed by atoms with Crippen LogP contribution in [0.15, 0.2) is 36.8 Å². The molecule has 0 aromatic carbocycles. The Morgan fingerprint density at radius 1 is 1.29 bits per heavy atom. The molecule has 0 amide bonds. The topological polar surface area (TPSA) is 70.9 Å². The maximum absolute atomic E-state index is 9.71. The number of hydrogen-bond acceptors (Lipinski definition) is 6. The summed E-state index contributed by atoms with van der Waals surface area (Å²) in [4.78, 5) is 15.5. The van der Waals surface area contributed by atoms with Gasteiger partial charge in [-0.3, -0.25) is 4.98 Å². The summed E-state index contributed by atoms with van der Waals surface area (Å²) in [6.07, 6.45) is 5.77. The van der Waals surface area contributed by atoms with Crippen molar-refractivity contribution in [1.29, 1.82) is 0 Å². The van der Waals surface area contributed by atoms with Gasteiger partial charge in [0.1, 0.15) is 17.0 Å². The molecule has 0 saturated heterocycles. The zero-order chi connectivity index (χ0) is 16.5. The Kier molecular flexibility index (Phi) is 4.16. The van der Waals surface area contributed by atoms with E-state index in [1.165, 1.54) is 4.88 Å². The third-order valence-corrected chi connectivity index (χ3v) is 5.61. The molecule has 1 aliphatic rings. The van der Waals surface area contributed by atoms with E-state index < -0.39 is 0 Å². The minimum Gasteiger partial charge on any atom is -0.393 e. The Bertz CT molecular complexity index is 829. The van der Waals surface area contributed by atoms with Crippen molar-refractivity contribution in [2.75, 3.05) is 5.32 Å². The zero-order valence-electron chi connectivity index (χ0n) is 13.5. The van der Waals surface area contributed by atoms with Crippen LogP contribution >= 0.6 is 11.3 Å². The van der Waals surface area contributed by atoms with Crippen LogP contribution in [0.1, 0.15) is 23.4 Å². The predicted molar refractivity (Wildman–Crippen MR) is 96.2 cm³/mol. The van der Waals surface area contributed by atoms with Gasteiger partial charge in [0, 0.05) is 29.2 Å². The second-order valence-electron chi connectivity index (χ2n) is 6.46. The molecule has 0 aliphatic heterocycles. The number of rotatable bonds is 5. The van der Waals surface area contributed by atoms with Crippen LogP contribution in [0.25, 0.3) is 10.2 Å². The van der Waals surface area contributed by atoms with Crippen LogP contribution in [-0.4, -0.2) is 32.2 Å². The average molecular weight is 340 g/mol. The summed E-state index contributed by atoms with van der Waals surface area (Å²) in [5.74, 6) is 1.32. The van der Waals surface area contributed by atoms with Crippen LogP contribution in [0.4, 0.5) is 5.82 Å². The Balaban J connectivity index is 1.61. The molecular weight excluding hydrogens is 320 g/mol. The highest BCUT2D eigenvalue weighted by Crippen LogP contribution is 2.35. The molecule has 4 rings (SSSR count). The van der Waals surface area contributed by atoms with E-state index in [1.54, 1.807) is 17.7 Å². The number of aliphatic hydroxyl groups is 1. The Morgan fingerprint density at radius 3 is 2.92 bits per heavy atom. The van der Waals surface area contributed by atoms with Gasteiger partial charge >= 0.3 is 0 Å². The van der Waals surface area contributed by atoms with Gasteiger partial charge in [-0.2, -0.15) is 0 Å². The van der Waals surface area contributed by atoms with Crippen molar-refractivity contribution in [3.05, 3.63) is 47.4 Å². The molecule has 0 bridgehead atoms. The van der Waals surface area contributed by atoms with Crippen LogP contribution in [0, 0.1) is 12.8 Å². The lowest BCUT2D eigenvalue weighted by Crippen LogP contribution is -2.42. The van der Waals surface area contributed by atoms with Gasteiger partial charge in [0.15, 0.2) is 0 Å². The molecule has 1 saturated carbocycles. The predicted octanol–water partition coefficient (Wildman–Crippen LogP) is 3.19. The largest absolute Gasteiger partial charge is 0.393 e. The fourth-order valence-corrected chi connectivity index (χ4v) is 4.15. The molecule has 5 nitrogen and oxygen atoms in total. The molecule has 3 aromatic rings. The number of nitrogens with one attached hydrogen (secondary N) is 1. The Hall–Kier alpha value is -2.05. The Labute approximate surface area is 144 Å². The number of hydrogen-bond donors (Lipinski definition) is 2. The molecule has 0 radical (unpaired) electrons. The lowest BCUT2D eigenvalue weighted by atomic mass is 9.76. The van der Waals surface area contributed by atoms with Gasteiger partial charge in [0.2, 0.25) is 0 Å². The molecule has 1 atom stereocenters. The molecule has 1 aliphatic carbocycles. The van der Waals surface area contributed by atoms with Crippen molar-refractivity contribution in [3.8, 4) is 0 Å².